The van der Waals surface area contributed by atoms with Crippen molar-refractivity contribution in [1.82, 2.24) is 0 Å². The fourth-order valence-corrected chi connectivity index (χ4v) is 3.67. The minimum absolute atomic E-state index is 0.140. The van der Waals surface area contributed by atoms with E-state index >= 15 is 0 Å². The van der Waals surface area contributed by atoms with E-state index < -0.39 is 17.6 Å². The van der Waals surface area contributed by atoms with E-state index in [1.54, 1.807) is 24.3 Å². The summed E-state index contributed by atoms with van der Waals surface area (Å²) in [6.07, 6.45) is 0. The lowest BCUT2D eigenvalue weighted by Gasteiger charge is -2.19. The molecule has 1 aliphatic rings. The van der Waals surface area contributed by atoms with E-state index in [4.69, 9.17) is 4.74 Å². The van der Waals surface area contributed by atoms with Crippen LogP contribution in [0.5, 0.6) is 5.75 Å². The van der Waals surface area contributed by atoms with Gasteiger partial charge in [-0.2, -0.15) is 0 Å². The third kappa shape index (κ3) is 3.87. The number of para-hydroxylation sites is 2. The minimum atomic E-state index is -0.499. The standard InChI is InChI=1S/C26H23FN2O3/c1-4-32-22-8-6-5-7-21(22)29-25(30)23(18-11-13-19(27)14-12-18)24(26(29)31)28-20-15-16(2)9-10-17(20)3/h5-15,28H,4H2,1-3H3. The lowest BCUT2D eigenvalue weighted by atomic mass is 10.0. The van der Waals surface area contributed by atoms with Crippen LogP contribution >= 0.6 is 0 Å². The molecule has 0 bridgehead atoms. The summed E-state index contributed by atoms with van der Waals surface area (Å²) in [7, 11) is 0. The Morgan fingerprint density at radius 3 is 2.38 bits per heavy atom. The molecule has 0 spiro atoms. The van der Waals surface area contributed by atoms with E-state index in [1.807, 2.05) is 39.0 Å². The Balaban J connectivity index is 1.86. The Bertz CT molecular complexity index is 1230. The topological polar surface area (TPSA) is 58.6 Å². The van der Waals surface area contributed by atoms with Crippen LogP contribution in [0.15, 0.2) is 72.4 Å². The molecule has 32 heavy (non-hydrogen) atoms. The predicted molar refractivity (Wildman–Crippen MR) is 123 cm³/mol. The van der Waals surface area contributed by atoms with Crippen molar-refractivity contribution in [2.24, 2.45) is 0 Å². The van der Waals surface area contributed by atoms with E-state index in [0.717, 1.165) is 21.7 Å². The van der Waals surface area contributed by atoms with Gasteiger partial charge in [-0.1, -0.05) is 36.4 Å². The number of carbonyl (C=O) groups excluding carboxylic acids is 2. The Hall–Kier alpha value is -3.93. The molecule has 2 amide bonds. The number of anilines is 2. The van der Waals surface area contributed by atoms with Gasteiger partial charge in [0.15, 0.2) is 0 Å². The fourth-order valence-electron chi connectivity index (χ4n) is 3.67. The molecule has 0 unspecified atom stereocenters. The van der Waals surface area contributed by atoms with Gasteiger partial charge in [0.25, 0.3) is 11.8 Å². The zero-order valence-corrected chi connectivity index (χ0v) is 18.1. The van der Waals surface area contributed by atoms with Gasteiger partial charge >= 0.3 is 0 Å². The molecule has 0 fully saturated rings. The van der Waals surface area contributed by atoms with Gasteiger partial charge in [-0.25, -0.2) is 9.29 Å². The molecule has 3 aromatic rings. The first-order chi connectivity index (χ1) is 15.4. The maximum absolute atomic E-state index is 13.6. The number of hydrogen-bond donors (Lipinski definition) is 1. The molecule has 0 saturated carbocycles. The zero-order chi connectivity index (χ0) is 22.8. The molecule has 0 radical (unpaired) electrons. The van der Waals surface area contributed by atoms with E-state index in [0.29, 0.717) is 23.6 Å². The summed E-state index contributed by atoms with van der Waals surface area (Å²) in [6.45, 7) is 6.09. The number of carbonyl (C=O) groups is 2. The van der Waals surface area contributed by atoms with Crippen molar-refractivity contribution in [3.05, 3.63) is 94.9 Å². The molecule has 0 aliphatic carbocycles. The molecular formula is C26H23FN2O3. The first-order valence-corrected chi connectivity index (χ1v) is 10.4. The van der Waals surface area contributed by atoms with Gasteiger partial charge in [-0.15, -0.1) is 0 Å². The molecule has 4 rings (SSSR count). The summed E-state index contributed by atoms with van der Waals surface area (Å²) in [6, 6.07) is 18.3. The number of halogens is 1. The molecule has 3 aromatic carbocycles. The highest BCUT2D eigenvalue weighted by Crippen LogP contribution is 2.38. The van der Waals surface area contributed by atoms with Gasteiger partial charge in [0.2, 0.25) is 0 Å². The highest BCUT2D eigenvalue weighted by molar-refractivity contribution is 6.46. The van der Waals surface area contributed by atoms with Gasteiger partial charge in [-0.05, 0) is 67.8 Å². The van der Waals surface area contributed by atoms with Crippen LogP contribution in [0.4, 0.5) is 15.8 Å². The lowest BCUT2D eigenvalue weighted by molar-refractivity contribution is -0.120. The van der Waals surface area contributed by atoms with Gasteiger partial charge in [-0.3, -0.25) is 9.59 Å². The number of nitrogens with one attached hydrogen (secondary N) is 1. The maximum atomic E-state index is 13.6. The van der Waals surface area contributed by atoms with Crippen molar-refractivity contribution in [3.8, 4) is 5.75 Å². The third-order valence-corrected chi connectivity index (χ3v) is 5.28. The van der Waals surface area contributed by atoms with Crippen LogP contribution in [0.3, 0.4) is 0 Å². The second-order valence-corrected chi connectivity index (χ2v) is 7.55. The molecule has 162 valence electrons. The highest BCUT2D eigenvalue weighted by atomic mass is 19.1. The summed E-state index contributed by atoms with van der Waals surface area (Å²) in [5.41, 5.74) is 3.80. The van der Waals surface area contributed by atoms with Gasteiger partial charge in [0, 0.05) is 5.69 Å². The number of aryl methyl sites for hydroxylation is 2. The van der Waals surface area contributed by atoms with E-state index in [-0.39, 0.29) is 11.3 Å². The van der Waals surface area contributed by atoms with Gasteiger partial charge in [0.1, 0.15) is 17.3 Å². The number of imide groups is 1. The van der Waals surface area contributed by atoms with Crippen LogP contribution in [-0.4, -0.2) is 18.4 Å². The van der Waals surface area contributed by atoms with Crippen molar-refractivity contribution in [1.29, 1.82) is 0 Å². The molecule has 1 heterocycles. The van der Waals surface area contributed by atoms with Crippen LogP contribution < -0.4 is 15.0 Å². The first kappa shape index (κ1) is 21.3. The number of rotatable bonds is 6. The predicted octanol–water partition coefficient (Wildman–Crippen LogP) is 5.24. The summed E-state index contributed by atoms with van der Waals surface area (Å²) >= 11 is 0. The third-order valence-electron chi connectivity index (χ3n) is 5.28. The van der Waals surface area contributed by atoms with Gasteiger partial charge < -0.3 is 10.1 Å². The van der Waals surface area contributed by atoms with Crippen molar-refractivity contribution < 1.29 is 18.7 Å². The summed E-state index contributed by atoms with van der Waals surface area (Å²) in [4.78, 5) is 28.3. The number of benzene rings is 3. The van der Waals surface area contributed by atoms with Crippen molar-refractivity contribution in [2.45, 2.75) is 20.8 Å². The second-order valence-electron chi connectivity index (χ2n) is 7.55. The number of ether oxygens (including phenoxy) is 1. The van der Waals surface area contributed by atoms with Crippen LogP contribution in [-0.2, 0) is 9.59 Å². The summed E-state index contributed by atoms with van der Waals surface area (Å²) in [5, 5.41) is 3.18. The van der Waals surface area contributed by atoms with E-state index in [2.05, 4.69) is 5.32 Å². The zero-order valence-electron chi connectivity index (χ0n) is 18.1. The monoisotopic (exact) mass is 430 g/mol. The van der Waals surface area contributed by atoms with Crippen LogP contribution in [0, 0.1) is 19.7 Å². The fraction of sp³-hybridized carbons (Fsp3) is 0.154. The Labute approximate surface area is 186 Å². The van der Waals surface area contributed by atoms with Crippen molar-refractivity contribution >= 4 is 28.8 Å². The van der Waals surface area contributed by atoms with E-state index in [1.165, 1.54) is 24.3 Å². The Morgan fingerprint density at radius 2 is 1.66 bits per heavy atom. The van der Waals surface area contributed by atoms with Gasteiger partial charge in [0.05, 0.1) is 17.9 Å². The van der Waals surface area contributed by atoms with Crippen molar-refractivity contribution in [2.75, 3.05) is 16.8 Å². The normalized spacial score (nSPS) is 13.7. The smallest absolute Gasteiger partial charge is 0.282 e. The van der Waals surface area contributed by atoms with Crippen LogP contribution in [0.25, 0.3) is 5.57 Å². The number of nitrogens with zero attached hydrogens (tertiary/aromatic N) is 1. The molecule has 0 saturated heterocycles. The van der Waals surface area contributed by atoms with Crippen molar-refractivity contribution in [3.63, 3.8) is 0 Å². The Kier molecular flexibility index (Phi) is 5.77. The summed E-state index contributed by atoms with van der Waals surface area (Å²) < 4.78 is 19.2. The number of hydrogen-bond acceptors (Lipinski definition) is 4. The molecule has 0 aromatic heterocycles. The van der Waals surface area contributed by atoms with Crippen LogP contribution in [0.2, 0.25) is 0 Å². The summed E-state index contributed by atoms with van der Waals surface area (Å²) in [5.74, 6) is -0.985. The molecule has 5 nitrogen and oxygen atoms in total. The lowest BCUT2D eigenvalue weighted by Crippen LogP contribution is -2.32. The molecule has 1 N–H and O–H groups in total. The molecule has 1 aliphatic heterocycles. The number of amides is 2. The Morgan fingerprint density at radius 1 is 0.938 bits per heavy atom. The molecule has 0 atom stereocenters. The average Bonchev–Trinajstić information content (AvgIpc) is 3.01. The molecule has 6 heteroatoms. The van der Waals surface area contributed by atoms with E-state index in [9.17, 15) is 14.0 Å². The maximum Gasteiger partial charge on any atom is 0.282 e. The molecular weight excluding hydrogens is 407 g/mol. The second kappa shape index (κ2) is 8.67. The minimum Gasteiger partial charge on any atom is -0.492 e. The first-order valence-electron chi connectivity index (χ1n) is 10.4. The SMILES string of the molecule is CCOc1ccccc1N1C(=O)C(Nc2cc(C)ccc2C)=C(c2ccc(F)cc2)C1=O. The quantitative estimate of drug-likeness (QED) is 0.544. The largest absolute Gasteiger partial charge is 0.492 e. The highest BCUT2D eigenvalue weighted by Gasteiger charge is 2.41. The van der Waals surface area contributed by atoms with Crippen LogP contribution in [0.1, 0.15) is 23.6 Å². The average molecular weight is 430 g/mol.